The highest BCUT2D eigenvalue weighted by Crippen LogP contribution is 2.50. The number of hydrogen-bond acceptors (Lipinski definition) is 7. The molecule has 0 saturated carbocycles. The number of carbonyl (C=O) groups is 2. The van der Waals surface area contributed by atoms with Crippen molar-refractivity contribution in [2.45, 2.75) is 78.7 Å². The van der Waals surface area contributed by atoms with Crippen LogP contribution in [-0.4, -0.2) is 75.3 Å². The maximum absolute atomic E-state index is 14.3. The topological polar surface area (TPSA) is 114 Å². The van der Waals surface area contributed by atoms with Gasteiger partial charge in [-0.15, -0.1) is 0 Å². The Morgan fingerprint density at radius 1 is 0.974 bits per heavy atom. The first-order chi connectivity index (χ1) is 17.8. The molecule has 0 radical (unpaired) electrons. The van der Waals surface area contributed by atoms with Crippen LogP contribution in [0.5, 0.6) is 17.8 Å². The summed E-state index contributed by atoms with van der Waals surface area (Å²) in [6.45, 7) is 13.6. The predicted octanol–water partition coefficient (Wildman–Crippen LogP) is 4.65. The van der Waals surface area contributed by atoms with Crippen LogP contribution < -0.4 is 14.2 Å². The van der Waals surface area contributed by atoms with Gasteiger partial charge in [0.05, 0.1) is 26.3 Å². The fraction of sp³-hybridized carbons (Fsp3) is 0.571. The first kappa shape index (κ1) is 29.0. The van der Waals surface area contributed by atoms with Gasteiger partial charge in [0.15, 0.2) is 0 Å². The van der Waals surface area contributed by atoms with Crippen LogP contribution in [0.2, 0.25) is 0 Å². The number of likely N-dealkylation sites (tertiary alicyclic amines) is 1. The number of methoxy groups -OCH3 is 2. The minimum atomic E-state index is -1.16. The van der Waals surface area contributed by atoms with Gasteiger partial charge in [-0.2, -0.15) is 9.97 Å². The smallest absolute Gasteiger partial charge is 0.326 e. The molecule has 1 aromatic heterocycles. The van der Waals surface area contributed by atoms with E-state index in [1.807, 2.05) is 78.8 Å². The van der Waals surface area contributed by atoms with Crippen LogP contribution in [0.1, 0.15) is 60.1 Å². The Balaban J connectivity index is 2.27. The first-order valence-electron chi connectivity index (χ1n) is 12.8. The van der Waals surface area contributed by atoms with E-state index in [0.29, 0.717) is 0 Å². The average molecular weight is 529 g/mol. The Labute approximate surface area is 224 Å². The van der Waals surface area contributed by atoms with E-state index in [4.69, 9.17) is 14.2 Å². The number of hydrogen-bond donors (Lipinski definition) is 1. The van der Waals surface area contributed by atoms with Crippen molar-refractivity contribution < 1.29 is 28.9 Å². The molecule has 1 aliphatic heterocycles. The molecule has 2 heterocycles. The SMILES string of the molecule is COc1cc(OC)nc(OC2C(c3ccccc3)N(C(=O)N(C(C)C)C(C)C)[C@@H](C(=O)O)[C@@H]2C(C)(C)C)n1. The van der Waals surface area contributed by atoms with Gasteiger partial charge in [0.1, 0.15) is 12.1 Å². The number of aliphatic carboxylic acids is 1. The molecular weight excluding hydrogens is 488 g/mol. The van der Waals surface area contributed by atoms with E-state index in [-0.39, 0.29) is 35.9 Å². The van der Waals surface area contributed by atoms with E-state index < -0.39 is 35.5 Å². The van der Waals surface area contributed by atoms with Gasteiger partial charge >= 0.3 is 18.0 Å². The minimum Gasteiger partial charge on any atom is -0.481 e. The van der Waals surface area contributed by atoms with Gasteiger partial charge in [-0.3, -0.25) is 4.90 Å². The highest BCUT2D eigenvalue weighted by molar-refractivity contribution is 5.85. The van der Waals surface area contributed by atoms with Crippen molar-refractivity contribution in [2.75, 3.05) is 14.2 Å². The number of benzene rings is 1. The molecule has 1 fully saturated rings. The number of amides is 2. The van der Waals surface area contributed by atoms with E-state index >= 15 is 0 Å². The predicted molar refractivity (Wildman–Crippen MR) is 142 cm³/mol. The Bertz CT molecular complexity index is 1090. The van der Waals surface area contributed by atoms with E-state index in [2.05, 4.69) is 9.97 Å². The number of nitrogens with zero attached hydrogens (tertiary/aromatic N) is 4. The molecule has 2 aromatic rings. The van der Waals surface area contributed by atoms with Gasteiger partial charge < -0.3 is 24.2 Å². The first-order valence-corrected chi connectivity index (χ1v) is 12.8. The maximum Gasteiger partial charge on any atom is 0.326 e. The third kappa shape index (κ3) is 5.79. The van der Waals surface area contributed by atoms with Gasteiger partial charge in [-0.05, 0) is 38.7 Å². The molecule has 3 rings (SSSR count). The zero-order chi connectivity index (χ0) is 28.4. The second-order valence-corrected chi connectivity index (χ2v) is 11.1. The third-order valence-corrected chi connectivity index (χ3v) is 6.87. The van der Waals surface area contributed by atoms with E-state index in [1.165, 1.54) is 25.2 Å². The Hall–Kier alpha value is -3.56. The fourth-order valence-corrected chi connectivity index (χ4v) is 5.43. The molecule has 0 bridgehead atoms. The molecule has 1 aliphatic rings. The summed E-state index contributed by atoms with van der Waals surface area (Å²) in [6, 6.07) is 8.33. The summed E-state index contributed by atoms with van der Waals surface area (Å²) in [5, 5.41) is 10.6. The molecule has 10 nitrogen and oxygen atoms in total. The monoisotopic (exact) mass is 528 g/mol. The summed E-state index contributed by atoms with van der Waals surface area (Å²) < 4.78 is 17.1. The number of carboxylic acids is 1. The second-order valence-electron chi connectivity index (χ2n) is 11.1. The molecule has 10 heteroatoms. The van der Waals surface area contributed by atoms with Crippen molar-refractivity contribution in [1.82, 2.24) is 19.8 Å². The van der Waals surface area contributed by atoms with Gasteiger partial charge in [0.25, 0.3) is 0 Å². The molecule has 0 spiro atoms. The second kappa shape index (κ2) is 11.4. The van der Waals surface area contributed by atoms with Crippen LogP contribution in [0.25, 0.3) is 0 Å². The summed E-state index contributed by atoms with van der Waals surface area (Å²) in [7, 11) is 2.94. The number of carboxylic acid groups (broad SMARTS) is 1. The largest absolute Gasteiger partial charge is 0.481 e. The van der Waals surface area contributed by atoms with Crippen molar-refractivity contribution in [1.29, 1.82) is 0 Å². The highest BCUT2D eigenvalue weighted by atomic mass is 16.5. The van der Waals surface area contributed by atoms with Crippen LogP contribution >= 0.6 is 0 Å². The fourth-order valence-electron chi connectivity index (χ4n) is 5.43. The van der Waals surface area contributed by atoms with Crippen LogP contribution in [0.15, 0.2) is 36.4 Å². The minimum absolute atomic E-state index is 0.0237. The summed E-state index contributed by atoms with van der Waals surface area (Å²) in [4.78, 5) is 39.1. The zero-order valence-electron chi connectivity index (χ0n) is 23.7. The van der Waals surface area contributed by atoms with Crippen LogP contribution in [-0.2, 0) is 4.79 Å². The van der Waals surface area contributed by atoms with Crippen molar-refractivity contribution in [2.24, 2.45) is 11.3 Å². The Morgan fingerprint density at radius 3 is 1.92 bits per heavy atom. The number of carbonyl (C=O) groups excluding carboxylic acids is 1. The molecule has 1 aromatic carbocycles. The molecule has 2 unspecified atom stereocenters. The van der Waals surface area contributed by atoms with Crippen LogP contribution in [0.4, 0.5) is 4.79 Å². The molecule has 38 heavy (non-hydrogen) atoms. The Morgan fingerprint density at radius 2 is 1.50 bits per heavy atom. The molecule has 0 aliphatic carbocycles. The van der Waals surface area contributed by atoms with Crippen molar-refractivity contribution in [3.63, 3.8) is 0 Å². The zero-order valence-corrected chi connectivity index (χ0v) is 23.7. The number of rotatable bonds is 8. The van der Waals surface area contributed by atoms with Gasteiger partial charge in [0, 0.05) is 18.0 Å². The number of urea groups is 1. The summed E-state index contributed by atoms with van der Waals surface area (Å²) in [5.41, 5.74) is 0.186. The molecule has 1 saturated heterocycles. The van der Waals surface area contributed by atoms with Crippen molar-refractivity contribution in [3.8, 4) is 17.8 Å². The lowest BCUT2D eigenvalue weighted by Crippen LogP contribution is -2.55. The summed E-state index contributed by atoms with van der Waals surface area (Å²) >= 11 is 0. The highest BCUT2D eigenvalue weighted by Gasteiger charge is 2.60. The van der Waals surface area contributed by atoms with E-state index in [9.17, 15) is 14.7 Å². The molecular formula is C28H40N4O6. The standard InChI is InChI=1S/C28H40N4O6/c1-16(2)31(17(3)4)27(35)32-22(18-13-11-10-12-14-18)24(21(28(5,6)7)23(32)25(33)34)38-26-29-19(36-8)15-20(30-26)37-9/h10-17,21-24H,1-9H3,(H,33,34)/t21-,22?,23+,24?/m0/s1. The third-order valence-electron chi connectivity index (χ3n) is 6.87. The van der Waals surface area contributed by atoms with E-state index in [0.717, 1.165) is 5.56 Å². The van der Waals surface area contributed by atoms with Gasteiger partial charge in [-0.1, -0.05) is 51.1 Å². The number of aromatic nitrogens is 2. The lowest BCUT2D eigenvalue weighted by Gasteiger charge is -2.39. The Kier molecular flexibility index (Phi) is 8.74. The summed E-state index contributed by atoms with van der Waals surface area (Å²) in [6.07, 6.45) is -0.791. The molecule has 4 atom stereocenters. The van der Waals surface area contributed by atoms with Crippen LogP contribution in [0, 0.1) is 11.3 Å². The molecule has 2 amide bonds. The quantitative estimate of drug-likeness (QED) is 0.527. The van der Waals surface area contributed by atoms with E-state index in [1.54, 1.807) is 4.90 Å². The molecule has 1 N–H and O–H groups in total. The van der Waals surface area contributed by atoms with Crippen molar-refractivity contribution in [3.05, 3.63) is 42.0 Å². The van der Waals surface area contributed by atoms with Gasteiger partial charge in [0.2, 0.25) is 11.8 Å². The van der Waals surface area contributed by atoms with Gasteiger partial charge in [-0.25, -0.2) is 9.59 Å². The normalized spacial score (nSPS) is 21.5. The number of ether oxygens (including phenoxy) is 3. The van der Waals surface area contributed by atoms with Crippen molar-refractivity contribution >= 4 is 12.0 Å². The molecule has 208 valence electrons. The lowest BCUT2D eigenvalue weighted by atomic mass is 9.73. The lowest BCUT2D eigenvalue weighted by molar-refractivity contribution is -0.144. The average Bonchev–Trinajstić information content (AvgIpc) is 3.19. The van der Waals surface area contributed by atoms with Crippen LogP contribution in [0.3, 0.4) is 0 Å². The summed E-state index contributed by atoms with van der Waals surface area (Å²) in [5.74, 6) is -1.23. The maximum atomic E-state index is 14.3.